The number of rotatable bonds is 10. The molecule has 2 amide bonds. The highest BCUT2D eigenvalue weighted by Gasteiger charge is 2.31. The quantitative estimate of drug-likeness (QED) is 0.445. The van der Waals surface area contributed by atoms with Crippen LogP contribution in [0.15, 0.2) is 24.3 Å². The second-order valence-corrected chi connectivity index (χ2v) is 12.1. The first kappa shape index (κ1) is 32.2. The van der Waals surface area contributed by atoms with Gasteiger partial charge in [-0.25, -0.2) is 9.59 Å². The number of urea groups is 1. The van der Waals surface area contributed by atoms with Crippen molar-refractivity contribution < 1.29 is 28.6 Å². The molecule has 210 valence electrons. The summed E-state index contributed by atoms with van der Waals surface area (Å²) in [4.78, 5) is 40.2. The van der Waals surface area contributed by atoms with Crippen LogP contribution < -0.4 is 15.8 Å². The molecular formula is C28H47N3O6. The minimum Gasteiger partial charge on any atom is -0.488 e. The lowest BCUT2D eigenvalue weighted by Crippen LogP contribution is -2.52. The Morgan fingerprint density at radius 2 is 1.38 bits per heavy atom. The molecule has 0 heterocycles. The average molecular weight is 522 g/mol. The van der Waals surface area contributed by atoms with Gasteiger partial charge >= 0.3 is 18.0 Å². The van der Waals surface area contributed by atoms with Gasteiger partial charge in [-0.3, -0.25) is 4.79 Å². The van der Waals surface area contributed by atoms with E-state index in [0.29, 0.717) is 12.3 Å². The minimum atomic E-state index is -0.937. The van der Waals surface area contributed by atoms with Crippen LogP contribution in [0, 0.1) is 5.92 Å². The van der Waals surface area contributed by atoms with Gasteiger partial charge in [0.2, 0.25) is 0 Å². The van der Waals surface area contributed by atoms with Crippen LogP contribution in [0.2, 0.25) is 0 Å². The molecule has 0 aliphatic carbocycles. The van der Waals surface area contributed by atoms with Gasteiger partial charge in [-0.15, -0.1) is 0 Å². The smallest absolute Gasteiger partial charge is 0.329 e. The van der Waals surface area contributed by atoms with Crippen LogP contribution in [0.25, 0.3) is 0 Å². The predicted molar refractivity (Wildman–Crippen MR) is 144 cm³/mol. The number of nitrogens with two attached hydrogens (primary N) is 1. The Kier molecular flexibility index (Phi) is 11.4. The molecule has 0 saturated carbocycles. The Bertz CT molecular complexity index is 894. The number of hydrogen-bond acceptors (Lipinski definition) is 7. The monoisotopic (exact) mass is 521 g/mol. The molecule has 0 radical (unpaired) electrons. The lowest BCUT2D eigenvalue weighted by atomic mass is 10.0. The number of hydrogen-bond donors (Lipinski definition) is 2. The van der Waals surface area contributed by atoms with E-state index in [1.165, 1.54) is 4.90 Å². The number of amides is 2. The number of nitrogens with one attached hydrogen (secondary N) is 1. The highest BCUT2D eigenvalue weighted by Crippen LogP contribution is 2.20. The SMILES string of the molecule is CCN(C[C@@H](CN)C(=O)OC(C)(C)C)C(=O)N[C@@H](Cc1ccc(OC(C)(C)C)cc1)C(=O)OC(C)(C)C. The van der Waals surface area contributed by atoms with Crippen LogP contribution in [0.3, 0.4) is 0 Å². The van der Waals surface area contributed by atoms with Crippen molar-refractivity contribution >= 4 is 18.0 Å². The molecule has 3 N–H and O–H groups in total. The zero-order valence-corrected chi connectivity index (χ0v) is 24.3. The lowest BCUT2D eigenvalue weighted by molar-refractivity contribution is -0.160. The van der Waals surface area contributed by atoms with E-state index in [9.17, 15) is 14.4 Å². The van der Waals surface area contributed by atoms with E-state index in [4.69, 9.17) is 19.9 Å². The van der Waals surface area contributed by atoms with Gasteiger partial charge < -0.3 is 30.2 Å². The molecule has 1 aromatic carbocycles. The van der Waals surface area contributed by atoms with Crippen LogP contribution in [-0.4, -0.2) is 65.3 Å². The van der Waals surface area contributed by atoms with Crippen LogP contribution in [-0.2, 0) is 25.5 Å². The maximum absolute atomic E-state index is 13.2. The molecule has 0 spiro atoms. The molecule has 0 fully saturated rings. The first-order chi connectivity index (χ1) is 16.8. The van der Waals surface area contributed by atoms with Crippen molar-refractivity contribution in [1.29, 1.82) is 0 Å². The number of esters is 2. The first-order valence-corrected chi connectivity index (χ1v) is 12.8. The molecule has 1 rings (SSSR count). The summed E-state index contributed by atoms with van der Waals surface area (Å²) in [5, 5.41) is 2.80. The number of carbonyl (C=O) groups is 3. The number of ether oxygens (including phenoxy) is 3. The third kappa shape index (κ3) is 12.8. The fraction of sp³-hybridized carbons (Fsp3) is 0.679. The fourth-order valence-electron chi connectivity index (χ4n) is 3.34. The van der Waals surface area contributed by atoms with Crippen molar-refractivity contribution in [2.45, 2.75) is 98.5 Å². The predicted octanol–water partition coefficient (Wildman–Crippen LogP) is 4.06. The molecule has 0 aliphatic heterocycles. The van der Waals surface area contributed by atoms with Gasteiger partial charge in [-0.2, -0.15) is 0 Å². The summed E-state index contributed by atoms with van der Waals surface area (Å²) in [5.41, 5.74) is 4.92. The average Bonchev–Trinajstić information content (AvgIpc) is 2.71. The summed E-state index contributed by atoms with van der Waals surface area (Å²) >= 11 is 0. The molecule has 1 aromatic rings. The van der Waals surface area contributed by atoms with Gasteiger partial charge in [0.05, 0.1) is 5.92 Å². The van der Waals surface area contributed by atoms with Crippen LogP contribution >= 0.6 is 0 Å². The largest absolute Gasteiger partial charge is 0.488 e. The molecule has 0 unspecified atom stereocenters. The molecule has 9 nitrogen and oxygen atoms in total. The van der Waals surface area contributed by atoms with Crippen molar-refractivity contribution in [1.82, 2.24) is 10.2 Å². The molecular weight excluding hydrogens is 474 g/mol. The summed E-state index contributed by atoms with van der Waals surface area (Å²) < 4.78 is 16.9. The topological polar surface area (TPSA) is 120 Å². The number of benzene rings is 1. The Morgan fingerprint density at radius 1 is 0.865 bits per heavy atom. The van der Waals surface area contributed by atoms with Crippen LogP contribution in [0.4, 0.5) is 4.79 Å². The van der Waals surface area contributed by atoms with Gasteiger partial charge in [0.1, 0.15) is 28.6 Å². The summed E-state index contributed by atoms with van der Waals surface area (Å²) in [6.45, 7) is 18.7. The van der Waals surface area contributed by atoms with Crippen molar-refractivity contribution in [3.63, 3.8) is 0 Å². The maximum Gasteiger partial charge on any atom is 0.329 e. The van der Waals surface area contributed by atoms with Gasteiger partial charge in [-0.1, -0.05) is 12.1 Å². The molecule has 0 bridgehead atoms. The van der Waals surface area contributed by atoms with E-state index in [1.807, 2.05) is 45.0 Å². The Labute approximate surface area is 222 Å². The van der Waals surface area contributed by atoms with E-state index in [-0.39, 0.29) is 25.1 Å². The van der Waals surface area contributed by atoms with E-state index in [2.05, 4.69) is 5.32 Å². The van der Waals surface area contributed by atoms with E-state index in [0.717, 1.165) is 5.56 Å². The van der Waals surface area contributed by atoms with E-state index < -0.39 is 41.1 Å². The van der Waals surface area contributed by atoms with Crippen LogP contribution in [0.5, 0.6) is 5.75 Å². The molecule has 0 aromatic heterocycles. The molecule has 9 heteroatoms. The van der Waals surface area contributed by atoms with E-state index in [1.54, 1.807) is 48.5 Å². The zero-order valence-electron chi connectivity index (χ0n) is 24.3. The number of carbonyl (C=O) groups excluding carboxylic acids is 3. The van der Waals surface area contributed by atoms with Crippen molar-refractivity contribution in [3.8, 4) is 5.75 Å². The van der Waals surface area contributed by atoms with Gasteiger partial charge in [0.25, 0.3) is 0 Å². The Balaban J connectivity index is 3.06. The van der Waals surface area contributed by atoms with Gasteiger partial charge in [0, 0.05) is 26.1 Å². The Hall–Kier alpha value is -2.81. The minimum absolute atomic E-state index is 0.0250. The van der Waals surface area contributed by atoms with Crippen molar-refractivity contribution in [3.05, 3.63) is 29.8 Å². The molecule has 2 atom stereocenters. The number of nitrogens with zero attached hydrogens (tertiary/aromatic N) is 1. The Morgan fingerprint density at radius 3 is 1.81 bits per heavy atom. The summed E-state index contributed by atoms with van der Waals surface area (Å²) in [6.07, 6.45) is 0.223. The normalized spacial score (nSPS) is 13.8. The van der Waals surface area contributed by atoms with Crippen molar-refractivity contribution in [2.75, 3.05) is 19.6 Å². The highest BCUT2D eigenvalue weighted by molar-refractivity contribution is 5.84. The van der Waals surface area contributed by atoms with E-state index >= 15 is 0 Å². The molecule has 37 heavy (non-hydrogen) atoms. The van der Waals surface area contributed by atoms with Gasteiger partial charge in [-0.05, 0) is 86.9 Å². The first-order valence-electron chi connectivity index (χ1n) is 12.8. The molecule has 0 aliphatic rings. The van der Waals surface area contributed by atoms with Crippen LogP contribution in [0.1, 0.15) is 74.8 Å². The molecule has 0 saturated heterocycles. The summed E-state index contributed by atoms with van der Waals surface area (Å²) in [7, 11) is 0. The lowest BCUT2D eigenvalue weighted by Gasteiger charge is -2.30. The standard InChI is InChI=1S/C28H47N3O6/c1-11-31(18-20(17-29)23(32)36-27(5,6)7)25(34)30-22(24(33)37-28(8,9)10)16-19-12-14-21(15-13-19)35-26(2,3)4/h12-15,20,22H,11,16-18,29H2,1-10H3,(H,30,34)/t20-,22+/m1/s1. The maximum atomic E-state index is 13.2. The zero-order chi connectivity index (χ0) is 28.6. The highest BCUT2D eigenvalue weighted by atomic mass is 16.6. The second-order valence-electron chi connectivity index (χ2n) is 12.1. The third-order valence-corrected chi connectivity index (χ3v) is 4.91. The second kappa shape index (κ2) is 13.1. The summed E-state index contributed by atoms with van der Waals surface area (Å²) in [6, 6.07) is 5.95. The fourth-order valence-corrected chi connectivity index (χ4v) is 3.34. The summed E-state index contributed by atoms with van der Waals surface area (Å²) in [5.74, 6) is -1.00. The van der Waals surface area contributed by atoms with Crippen molar-refractivity contribution in [2.24, 2.45) is 11.7 Å². The third-order valence-electron chi connectivity index (χ3n) is 4.91. The van der Waals surface area contributed by atoms with Gasteiger partial charge in [0.15, 0.2) is 0 Å².